The molecule has 0 bridgehead atoms. The molecular formula is C11H17F5OS. The first-order valence-electron chi connectivity index (χ1n) is 5.39. The molecule has 0 aromatic heterocycles. The number of halogens is 5. The van der Waals surface area contributed by atoms with Crippen molar-refractivity contribution in [3.63, 3.8) is 0 Å². The maximum atomic E-state index is 12.4. The summed E-state index contributed by atoms with van der Waals surface area (Å²) < 4.78 is 62.2. The summed E-state index contributed by atoms with van der Waals surface area (Å²) in [6, 6.07) is 2.92. The maximum Gasteiger partial charge on any atom is 0.310 e. The van der Waals surface area contributed by atoms with Gasteiger partial charge in [0, 0.05) is 12.5 Å². The van der Waals surface area contributed by atoms with Crippen LogP contribution in [0, 0.1) is 0 Å². The second-order valence-electron chi connectivity index (χ2n) is 3.63. The van der Waals surface area contributed by atoms with Gasteiger partial charge in [-0.05, 0) is 17.7 Å². The van der Waals surface area contributed by atoms with Gasteiger partial charge >= 0.3 is 10.2 Å². The lowest BCUT2D eigenvalue weighted by molar-refractivity contribution is 0.272. The molecule has 0 aliphatic rings. The third-order valence-corrected chi connectivity index (χ3v) is 3.29. The van der Waals surface area contributed by atoms with Crippen LogP contribution in [-0.4, -0.2) is 11.7 Å². The lowest BCUT2D eigenvalue weighted by Crippen LogP contribution is -2.07. The van der Waals surface area contributed by atoms with Crippen molar-refractivity contribution in [2.75, 3.05) is 6.61 Å². The van der Waals surface area contributed by atoms with E-state index in [-0.39, 0.29) is 5.56 Å². The van der Waals surface area contributed by atoms with Gasteiger partial charge in [-0.2, -0.15) is 0 Å². The second-order valence-corrected chi connectivity index (χ2v) is 6.03. The fourth-order valence-corrected chi connectivity index (χ4v) is 1.86. The Morgan fingerprint density at radius 3 is 2.00 bits per heavy atom. The van der Waals surface area contributed by atoms with E-state index in [1.54, 1.807) is 0 Å². The molecule has 1 rings (SSSR count). The minimum Gasteiger partial charge on any atom is -0.396 e. The number of benzene rings is 1. The van der Waals surface area contributed by atoms with Crippen LogP contribution in [0.25, 0.3) is 0 Å². The molecule has 1 unspecified atom stereocenters. The van der Waals surface area contributed by atoms with Crippen molar-refractivity contribution in [2.45, 2.75) is 31.6 Å². The number of rotatable bonds is 3. The van der Waals surface area contributed by atoms with Gasteiger partial charge < -0.3 is 5.11 Å². The number of hydrogen-bond acceptors (Lipinski definition) is 1. The molecule has 18 heavy (non-hydrogen) atoms. The summed E-state index contributed by atoms with van der Waals surface area (Å²) in [4.78, 5) is -1.92. The van der Waals surface area contributed by atoms with Gasteiger partial charge in [0.25, 0.3) is 0 Å². The van der Waals surface area contributed by atoms with Crippen LogP contribution in [0.1, 0.15) is 32.3 Å². The molecule has 0 heterocycles. The summed E-state index contributed by atoms with van der Waals surface area (Å²) in [5.41, 5.74) is 0.0354. The molecular weight excluding hydrogens is 275 g/mol. The largest absolute Gasteiger partial charge is 0.396 e. The van der Waals surface area contributed by atoms with Crippen molar-refractivity contribution >= 4 is 10.2 Å². The molecule has 0 saturated heterocycles. The van der Waals surface area contributed by atoms with E-state index in [0.717, 1.165) is 6.07 Å². The smallest absolute Gasteiger partial charge is 0.310 e. The van der Waals surface area contributed by atoms with Gasteiger partial charge in [0.2, 0.25) is 0 Å². The van der Waals surface area contributed by atoms with Crippen LogP contribution in [0.5, 0.6) is 0 Å². The Morgan fingerprint density at radius 2 is 1.61 bits per heavy atom. The van der Waals surface area contributed by atoms with Crippen LogP contribution >= 0.6 is 10.2 Å². The summed E-state index contributed by atoms with van der Waals surface area (Å²) >= 11 is 0. The van der Waals surface area contributed by atoms with E-state index in [1.807, 2.05) is 13.8 Å². The Labute approximate surface area is 103 Å². The Balaban J connectivity index is 0.00000137. The minimum absolute atomic E-state index is 0.0354. The zero-order chi connectivity index (χ0) is 14.7. The SMILES string of the molecule is CC.CC(CO)c1cccc(S(F)(F)(F)(F)F)c1. The first-order chi connectivity index (χ1) is 7.94. The van der Waals surface area contributed by atoms with Gasteiger partial charge in [-0.25, -0.2) is 0 Å². The van der Waals surface area contributed by atoms with E-state index in [4.69, 9.17) is 5.11 Å². The first kappa shape index (κ1) is 17.2. The van der Waals surface area contributed by atoms with E-state index in [1.165, 1.54) is 13.0 Å². The quantitative estimate of drug-likeness (QED) is 0.733. The lowest BCUT2D eigenvalue weighted by atomic mass is 10.0. The highest BCUT2D eigenvalue weighted by Crippen LogP contribution is 3.02. The zero-order valence-corrected chi connectivity index (χ0v) is 11.2. The van der Waals surface area contributed by atoms with Gasteiger partial charge in [0.1, 0.15) is 4.90 Å². The normalized spacial score (nSPS) is 16.9. The maximum absolute atomic E-state index is 12.4. The molecule has 0 saturated carbocycles. The summed E-state index contributed by atoms with van der Waals surface area (Å²) in [6.45, 7) is 5.05. The van der Waals surface area contributed by atoms with Crippen molar-refractivity contribution in [3.05, 3.63) is 29.8 Å². The first-order valence-corrected chi connectivity index (χ1v) is 7.34. The molecule has 0 aliphatic heterocycles. The van der Waals surface area contributed by atoms with E-state index in [9.17, 15) is 19.4 Å². The monoisotopic (exact) mass is 292 g/mol. The molecule has 0 amide bonds. The van der Waals surface area contributed by atoms with Crippen molar-refractivity contribution in [2.24, 2.45) is 0 Å². The number of hydrogen-bond donors (Lipinski definition) is 1. The van der Waals surface area contributed by atoms with Crippen LogP contribution in [0.2, 0.25) is 0 Å². The molecule has 0 spiro atoms. The highest BCUT2D eigenvalue weighted by Gasteiger charge is 2.65. The molecule has 0 fully saturated rings. The summed E-state index contributed by atoms with van der Waals surface area (Å²) in [6.07, 6.45) is 0. The Morgan fingerprint density at radius 1 is 1.11 bits per heavy atom. The predicted molar refractivity (Wildman–Crippen MR) is 64.7 cm³/mol. The highest BCUT2D eigenvalue weighted by molar-refractivity contribution is 8.45. The minimum atomic E-state index is -9.61. The van der Waals surface area contributed by atoms with E-state index >= 15 is 0 Å². The van der Waals surface area contributed by atoms with Gasteiger partial charge in [-0.15, -0.1) is 0 Å². The standard InChI is InChI=1S/C9H11F5OS.C2H6/c1-7(6-15)8-3-2-4-9(5-8)16(10,11,12,13)14;1-2/h2-5,7,15H,6H2,1H3;1-2H3. The average molecular weight is 292 g/mol. The van der Waals surface area contributed by atoms with Gasteiger partial charge in [0.05, 0.1) is 0 Å². The summed E-state index contributed by atoms with van der Waals surface area (Å²) in [5, 5.41) is 8.75. The van der Waals surface area contributed by atoms with Gasteiger partial charge in [0.15, 0.2) is 0 Å². The number of aliphatic hydroxyl groups is 1. The zero-order valence-electron chi connectivity index (χ0n) is 10.3. The van der Waals surface area contributed by atoms with Crippen molar-refractivity contribution in [1.82, 2.24) is 0 Å². The topological polar surface area (TPSA) is 20.2 Å². The Hall–Kier alpha value is -0.820. The van der Waals surface area contributed by atoms with Crippen LogP contribution in [0.3, 0.4) is 0 Å². The van der Waals surface area contributed by atoms with Crippen LogP contribution in [0.4, 0.5) is 19.4 Å². The fraction of sp³-hybridized carbons (Fsp3) is 0.455. The van der Waals surface area contributed by atoms with Crippen molar-refractivity contribution in [3.8, 4) is 0 Å². The third kappa shape index (κ3) is 4.81. The second kappa shape index (κ2) is 4.70. The average Bonchev–Trinajstić information content (AvgIpc) is 2.28. The molecule has 0 aliphatic carbocycles. The fourth-order valence-electron chi connectivity index (χ4n) is 1.17. The highest BCUT2D eigenvalue weighted by atomic mass is 32.5. The van der Waals surface area contributed by atoms with Gasteiger partial charge in [-0.3, -0.25) is 0 Å². The molecule has 1 aromatic carbocycles. The number of aliphatic hydroxyl groups excluding tert-OH is 1. The summed E-state index contributed by atoms with van der Waals surface area (Å²) in [7, 11) is -9.61. The van der Waals surface area contributed by atoms with Crippen LogP contribution < -0.4 is 0 Å². The Bertz CT molecular complexity index is 400. The molecule has 1 aromatic rings. The van der Waals surface area contributed by atoms with Crippen LogP contribution in [0.15, 0.2) is 29.2 Å². The third-order valence-electron chi connectivity index (χ3n) is 2.15. The van der Waals surface area contributed by atoms with Crippen molar-refractivity contribution in [1.29, 1.82) is 0 Å². The molecule has 7 heteroatoms. The Kier molecular flexibility index (Phi) is 4.48. The van der Waals surface area contributed by atoms with Crippen LogP contribution in [-0.2, 0) is 0 Å². The predicted octanol–water partition coefficient (Wildman–Crippen LogP) is 5.47. The molecule has 1 N–H and O–H groups in total. The molecule has 108 valence electrons. The molecule has 0 radical (unpaired) electrons. The van der Waals surface area contributed by atoms with Gasteiger partial charge in [-0.1, -0.05) is 52.3 Å². The molecule has 1 atom stereocenters. The lowest BCUT2D eigenvalue weighted by Gasteiger charge is -2.40. The van der Waals surface area contributed by atoms with E-state index in [0.29, 0.717) is 12.1 Å². The van der Waals surface area contributed by atoms with Crippen molar-refractivity contribution < 1.29 is 24.5 Å². The van der Waals surface area contributed by atoms with E-state index < -0.39 is 27.6 Å². The van der Waals surface area contributed by atoms with E-state index in [2.05, 4.69) is 0 Å². The summed E-state index contributed by atoms with van der Waals surface area (Å²) in [5.74, 6) is -0.611. The molecule has 1 nitrogen and oxygen atoms in total.